The normalized spacial score (nSPS) is 12.5. The van der Waals surface area contributed by atoms with Gasteiger partial charge >= 0.3 is 6.18 Å². The molecular weight excluding hydrogens is 283 g/mol. The molecular formula is C13H18F3N5. The van der Waals surface area contributed by atoms with Crippen molar-refractivity contribution in [3.05, 3.63) is 23.8 Å². The summed E-state index contributed by atoms with van der Waals surface area (Å²) in [6.45, 7) is 0.532. The summed E-state index contributed by atoms with van der Waals surface area (Å²) >= 11 is 0. The SMILES string of the molecule is CN(CCNCc1ccc2c(c1)nnn2C)CC(F)(F)F. The number of nitrogens with zero attached hydrogens (tertiary/aromatic N) is 4. The molecule has 1 aromatic carbocycles. The molecule has 0 aliphatic carbocycles. The van der Waals surface area contributed by atoms with Crippen LogP contribution in [0.5, 0.6) is 0 Å². The zero-order valence-electron chi connectivity index (χ0n) is 12.0. The molecule has 0 atom stereocenters. The molecule has 0 radical (unpaired) electrons. The summed E-state index contributed by atoms with van der Waals surface area (Å²) in [4.78, 5) is 1.25. The lowest BCUT2D eigenvalue weighted by atomic mass is 10.2. The summed E-state index contributed by atoms with van der Waals surface area (Å²) in [5, 5.41) is 11.1. The van der Waals surface area contributed by atoms with Crippen molar-refractivity contribution in [2.45, 2.75) is 12.7 Å². The first-order valence-electron chi connectivity index (χ1n) is 6.59. The average molecular weight is 301 g/mol. The highest BCUT2D eigenvalue weighted by atomic mass is 19.4. The molecule has 0 aliphatic rings. The topological polar surface area (TPSA) is 46.0 Å². The second kappa shape index (κ2) is 6.40. The molecule has 1 heterocycles. The van der Waals surface area contributed by atoms with E-state index in [1.807, 2.05) is 25.2 Å². The summed E-state index contributed by atoms with van der Waals surface area (Å²) in [6, 6.07) is 5.81. The number of alkyl halides is 3. The van der Waals surface area contributed by atoms with E-state index in [0.717, 1.165) is 16.6 Å². The van der Waals surface area contributed by atoms with Crippen LogP contribution in [-0.2, 0) is 13.6 Å². The van der Waals surface area contributed by atoms with Crippen molar-refractivity contribution in [3.63, 3.8) is 0 Å². The van der Waals surface area contributed by atoms with Crippen LogP contribution in [0.4, 0.5) is 13.2 Å². The molecule has 0 aliphatic heterocycles. The largest absolute Gasteiger partial charge is 0.401 e. The molecule has 0 spiro atoms. The molecule has 0 fully saturated rings. The lowest BCUT2D eigenvalue weighted by Gasteiger charge is -2.18. The molecule has 5 nitrogen and oxygen atoms in total. The van der Waals surface area contributed by atoms with E-state index in [1.54, 1.807) is 4.68 Å². The van der Waals surface area contributed by atoms with Gasteiger partial charge in [0.05, 0.1) is 12.1 Å². The van der Waals surface area contributed by atoms with E-state index in [0.29, 0.717) is 19.6 Å². The van der Waals surface area contributed by atoms with Gasteiger partial charge in [0.15, 0.2) is 0 Å². The predicted molar refractivity (Wildman–Crippen MR) is 73.8 cm³/mol. The third-order valence-electron chi connectivity index (χ3n) is 3.12. The Morgan fingerprint density at radius 2 is 2.10 bits per heavy atom. The lowest BCUT2D eigenvalue weighted by molar-refractivity contribution is -0.142. The van der Waals surface area contributed by atoms with Gasteiger partial charge in [-0.1, -0.05) is 11.3 Å². The van der Waals surface area contributed by atoms with Crippen LogP contribution in [0.25, 0.3) is 11.0 Å². The first-order valence-corrected chi connectivity index (χ1v) is 6.59. The van der Waals surface area contributed by atoms with Crippen molar-refractivity contribution in [1.29, 1.82) is 0 Å². The standard InChI is InChI=1S/C13H18F3N5/c1-20(9-13(14,15)16)6-5-17-8-10-3-4-12-11(7-10)18-19-21(12)2/h3-4,7,17H,5-6,8-9H2,1-2H3. The van der Waals surface area contributed by atoms with E-state index in [4.69, 9.17) is 0 Å². The van der Waals surface area contributed by atoms with Crippen LogP contribution in [0.3, 0.4) is 0 Å². The van der Waals surface area contributed by atoms with Crippen LogP contribution in [0.2, 0.25) is 0 Å². The molecule has 2 rings (SSSR count). The number of nitrogens with one attached hydrogen (secondary N) is 1. The second-order valence-electron chi connectivity index (χ2n) is 5.07. The summed E-state index contributed by atoms with van der Waals surface area (Å²) < 4.78 is 38.2. The molecule has 116 valence electrons. The van der Waals surface area contributed by atoms with Gasteiger partial charge in [0.25, 0.3) is 0 Å². The summed E-state index contributed by atoms with van der Waals surface area (Å²) in [5.41, 5.74) is 2.79. The molecule has 0 amide bonds. The summed E-state index contributed by atoms with van der Waals surface area (Å²) in [6.07, 6.45) is -4.15. The van der Waals surface area contributed by atoms with Crippen molar-refractivity contribution >= 4 is 11.0 Å². The number of aromatic nitrogens is 3. The number of hydrogen-bond donors (Lipinski definition) is 1. The van der Waals surface area contributed by atoms with Crippen molar-refractivity contribution in [2.24, 2.45) is 7.05 Å². The Labute approximate surface area is 120 Å². The smallest absolute Gasteiger partial charge is 0.311 e. The highest BCUT2D eigenvalue weighted by molar-refractivity contribution is 5.74. The van der Waals surface area contributed by atoms with Crippen LogP contribution >= 0.6 is 0 Å². The van der Waals surface area contributed by atoms with E-state index >= 15 is 0 Å². The highest BCUT2D eigenvalue weighted by Crippen LogP contribution is 2.15. The third kappa shape index (κ3) is 4.68. The van der Waals surface area contributed by atoms with Gasteiger partial charge in [0.2, 0.25) is 0 Å². The van der Waals surface area contributed by atoms with Crippen LogP contribution in [0.1, 0.15) is 5.56 Å². The molecule has 1 aromatic heterocycles. The Balaban J connectivity index is 1.77. The molecule has 0 saturated heterocycles. The van der Waals surface area contributed by atoms with Gasteiger partial charge in [0.1, 0.15) is 5.52 Å². The Kier molecular flexibility index (Phi) is 4.79. The maximum Gasteiger partial charge on any atom is 0.401 e. The number of benzene rings is 1. The number of likely N-dealkylation sites (N-methyl/N-ethyl adjacent to an activating group) is 1. The first kappa shape index (κ1) is 15.7. The van der Waals surface area contributed by atoms with Crippen molar-refractivity contribution in [2.75, 3.05) is 26.7 Å². The number of aryl methyl sites for hydroxylation is 1. The Morgan fingerprint density at radius 1 is 1.33 bits per heavy atom. The zero-order valence-corrected chi connectivity index (χ0v) is 12.0. The van der Waals surface area contributed by atoms with Crippen molar-refractivity contribution in [3.8, 4) is 0 Å². The summed E-state index contributed by atoms with van der Waals surface area (Å²) in [7, 11) is 3.28. The quantitative estimate of drug-likeness (QED) is 0.822. The average Bonchev–Trinajstić information content (AvgIpc) is 2.74. The fourth-order valence-corrected chi connectivity index (χ4v) is 2.08. The number of rotatable bonds is 6. The fourth-order valence-electron chi connectivity index (χ4n) is 2.08. The molecule has 8 heteroatoms. The zero-order chi connectivity index (χ0) is 15.5. The third-order valence-corrected chi connectivity index (χ3v) is 3.12. The molecule has 0 bridgehead atoms. The van der Waals surface area contributed by atoms with Crippen LogP contribution in [0.15, 0.2) is 18.2 Å². The Hall–Kier alpha value is -1.67. The van der Waals surface area contributed by atoms with Crippen LogP contribution < -0.4 is 5.32 Å². The summed E-state index contributed by atoms with van der Waals surface area (Å²) in [5.74, 6) is 0. The van der Waals surface area contributed by atoms with Crippen LogP contribution in [-0.4, -0.2) is 52.8 Å². The van der Waals surface area contributed by atoms with E-state index in [1.165, 1.54) is 11.9 Å². The molecule has 2 aromatic rings. The van der Waals surface area contributed by atoms with Crippen molar-refractivity contribution in [1.82, 2.24) is 25.2 Å². The number of halogens is 3. The van der Waals surface area contributed by atoms with Gasteiger partial charge in [-0.25, -0.2) is 4.68 Å². The predicted octanol–water partition coefficient (Wildman–Crippen LogP) is 1.55. The fraction of sp³-hybridized carbons (Fsp3) is 0.538. The van der Waals surface area contributed by atoms with Gasteiger partial charge in [-0.15, -0.1) is 5.10 Å². The van der Waals surface area contributed by atoms with E-state index < -0.39 is 12.7 Å². The van der Waals surface area contributed by atoms with Gasteiger partial charge < -0.3 is 5.32 Å². The van der Waals surface area contributed by atoms with E-state index in [-0.39, 0.29) is 0 Å². The minimum Gasteiger partial charge on any atom is -0.311 e. The first-order chi connectivity index (χ1) is 9.85. The van der Waals surface area contributed by atoms with Gasteiger partial charge in [0, 0.05) is 26.7 Å². The van der Waals surface area contributed by atoms with Gasteiger partial charge in [-0.3, -0.25) is 4.90 Å². The molecule has 21 heavy (non-hydrogen) atoms. The Bertz CT molecular complexity index is 593. The van der Waals surface area contributed by atoms with Crippen molar-refractivity contribution < 1.29 is 13.2 Å². The van der Waals surface area contributed by atoms with Gasteiger partial charge in [-0.05, 0) is 24.7 Å². The Morgan fingerprint density at radius 3 is 2.81 bits per heavy atom. The molecule has 0 saturated carbocycles. The minimum absolute atomic E-state index is 0.340. The monoisotopic (exact) mass is 301 g/mol. The minimum atomic E-state index is -4.15. The molecule has 0 unspecified atom stereocenters. The number of fused-ring (bicyclic) bond motifs is 1. The lowest BCUT2D eigenvalue weighted by Crippen LogP contribution is -2.35. The molecule has 1 N–H and O–H groups in total. The second-order valence-corrected chi connectivity index (χ2v) is 5.07. The number of hydrogen-bond acceptors (Lipinski definition) is 4. The van der Waals surface area contributed by atoms with E-state index in [9.17, 15) is 13.2 Å². The van der Waals surface area contributed by atoms with E-state index in [2.05, 4.69) is 15.6 Å². The van der Waals surface area contributed by atoms with Crippen LogP contribution in [0, 0.1) is 0 Å². The highest BCUT2D eigenvalue weighted by Gasteiger charge is 2.28. The maximum absolute atomic E-state index is 12.2. The maximum atomic E-state index is 12.2. The van der Waals surface area contributed by atoms with Gasteiger partial charge in [-0.2, -0.15) is 13.2 Å².